The predicted molar refractivity (Wildman–Crippen MR) is 121 cm³/mol. The minimum Gasteiger partial charge on any atom is -0.493 e. The van der Waals surface area contributed by atoms with Gasteiger partial charge in [0.2, 0.25) is 0 Å². The fourth-order valence-electron chi connectivity index (χ4n) is 3.19. The molecule has 0 bridgehead atoms. The zero-order valence-electron chi connectivity index (χ0n) is 17.6. The number of hydrogen-bond acceptors (Lipinski definition) is 7. The first kappa shape index (κ1) is 22.1. The minimum absolute atomic E-state index is 0.240. The highest BCUT2D eigenvalue weighted by Crippen LogP contribution is 2.41. The molecule has 3 aromatic rings. The molecule has 6 nitrogen and oxygen atoms in total. The van der Waals surface area contributed by atoms with Gasteiger partial charge < -0.3 is 18.9 Å². The summed E-state index contributed by atoms with van der Waals surface area (Å²) in [4.78, 5) is 25.2. The van der Waals surface area contributed by atoms with E-state index >= 15 is 0 Å². The van der Waals surface area contributed by atoms with Crippen LogP contribution in [0.5, 0.6) is 23.0 Å². The van der Waals surface area contributed by atoms with Crippen LogP contribution in [0.1, 0.15) is 26.3 Å². The van der Waals surface area contributed by atoms with E-state index in [1.165, 1.54) is 26.4 Å². The number of hydrogen-bond donors (Lipinski definition) is 0. The van der Waals surface area contributed by atoms with Crippen LogP contribution in [0.25, 0.3) is 16.5 Å². The average molecular weight is 439 g/mol. The van der Waals surface area contributed by atoms with Crippen LogP contribution in [0.2, 0.25) is 0 Å². The maximum Gasteiger partial charge on any atom is 0.186 e. The first-order valence-electron chi connectivity index (χ1n) is 9.29. The van der Waals surface area contributed by atoms with Crippen molar-refractivity contribution < 1.29 is 28.5 Å². The maximum absolute atomic E-state index is 12.8. The monoisotopic (exact) mass is 438 g/mol. The molecule has 3 rings (SSSR count). The topological polar surface area (TPSA) is 71.1 Å². The lowest BCUT2D eigenvalue weighted by atomic mass is 10.0. The van der Waals surface area contributed by atoms with Crippen molar-refractivity contribution in [1.29, 1.82) is 0 Å². The van der Waals surface area contributed by atoms with Gasteiger partial charge in [-0.1, -0.05) is 12.1 Å². The normalized spacial score (nSPS) is 10.7. The molecule has 7 heteroatoms. The summed E-state index contributed by atoms with van der Waals surface area (Å²) in [7, 11) is 6.05. The highest BCUT2D eigenvalue weighted by molar-refractivity contribution is 7.13. The number of allylic oxidation sites excluding steroid dienone is 1. The molecule has 0 fully saturated rings. The summed E-state index contributed by atoms with van der Waals surface area (Å²) < 4.78 is 21.5. The number of rotatable bonds is 9. The summed E-state index contributed by atoms with van der Waals surface area (Å²) in [6.45, 7) is 0. The van der Waals surface area contributed by atoms with E-state index in [-0.39, 0.29) is 11.3 Å². The van der Waals surface area contributed by atoms with Gasteiger partial charge in [-0.3, -0.25) is 9.59 Å². The lowest BCUT2D eigenvalue weighted by Crippen LogP contribution is -2.01. The molecule has 0 saturated carbocycles. The number of ether oxygens (including phenoxy) is 4. The van der Waals surface area contributed by atoms with Gasteiger partial charge in [0.25, 0.3) is 0 Å². The molecule has 0 aliphatic rings. The Morgan fingerprint density at radius 3 is 2.19 bits per heavy atom. The Labute approximate surface area is 184 Å². The van der Waals surface area contributed by atoms with Gasteiger partial charge in [-0.25, -0.2) is 0 Å². The van der Waals surface area contributed by atoms with Crippen molar-refractivity contribution in [1.82, 2.24) is 0 Å². The van der Waals surface area contributed by atoms with Crippen molar-refractivity contribution in [3.8, 4) is 33.4 Å². The van der Waals surface area contributed by atoms with Gasteiger partial charge in [-0.15, -0.1) is 11.3 Å². The van der Waals surface area contributed by atoms with Crippen molar-refractivity contribution in [2.75, 3.05) is 28.4 Å². The zero-order valence-corrected chi connectivity index (χ0v) is 18.4. The average Bonchev–Trinajstić information content (AvgIpc) is 3.35. The van der Waals surface area contributed by atoms with Crippen molar-refractivity contribution in [3.63, 3.8) is 0 Å². The fraction of sp³-hybridized carbons (Fsp3) is 0.167. The number of thiophene rings is 1. The van der Waals surface area contributed by atoms with Gasteiger partial charge in [-0.05, 0) is 47.4 Å². The Hall–Kier alpha value is -3.58. The third-order valence-corrected chi connectivity index (χ3v) is 5.54. The van der Waals surface area contributed by atoms with Gasteiger partial charge >= 0.3 is 0 Å². The Morgan fingerprint density at radius 1 is 0.903 bits per heavy atom. The lowest BCUT2D eigenvalue weighted by molar-refractivity contribution is 0.104. The molecule has 0 atom stereocenters. The van der Waals surface area contributed by atoms with Gasteiger partial charge in [0, 0.05) is 16.0 Å². The number of benzene rings is 2. The summed E-state index contributed by atoms with van der Waals surface area (Å²) in [5.74, 6) is 1.52. The molecule has 0 saturated heterocycles. The molecule has 0 spiro atoms. The SMILES string of the molecule is COc1cc(C(=O)/C=C/c2cc(OC)c(OC)c(-c3cccs3)c2)cc(C=O)c1OC. The van der Waals surface area contributed by atoms with Gasteiger partial charge in [0.15, 0.2) is 35.1 Å². The molecule has 0 unspecified atom stereocenters. The lowest BCUT2D eigenvalue weighted by Gasteiger charge is -2.13. The van der Waals surface area contributed by atoms with Crippen LogP contribution in [0.4, 0.5) is 0 Å². The highest BCUT2D eigenvalue weighted by atomic mass is 32.1. The molecule has 0 aliphatic heterocycles. The van der Waals surface area contributed by atoms with Crippen molar-refractivity contribution in [2.45, 2.75) is 0 Å². The van der Waals surface area contributed by atoms with Gasteiger partial charge in [-0.2, -0.15) is 0 Å². The van der Waals surface area contributed by atoms with Crippen LogP contribution in [0.3, 0.4) is 0 Å². The van der Waals surface area contributed by atoms with Crippen molar-refractivity contribution in [3.05, 3.63) is 64.5 Å². The van der Waals surface area contributed by atoms with E-state index in [0.717, 1.165) is 16.0 Å². The van der Waals surface area contributed by atoms with Crippen LogP contribution in [-0.2, 0) is 0 Å². The predicted octanol–water partition coefficient (Wildman–Crippen LogP) is 5.16. The molecule has 1 aromatic heterocycles. The Kier molecular flexibility index (Phi) is 7.10. The molecular formula is C24H22O6S. The summed E-state index contributed by atoms with van der Waals surface area (Å²) in [6, 6.07) is 10.7. The molecule has 0 amide bonds. The second kappa shape index (κ2) is 9.95. The van der Waals surface area contributed by atoms with E-state index < -0.39 is 0 Å². The first-order valence-corrected chi connectivity index (χ1v) is 10.2. The Morgan fingerprint density at radius 2 is 1.61 bits per heavy atom. The van der Waals surface area contributed by atoms with E-state index in [1.54, 1.807) is 43.8 Å². The number of ketones is 1. The quantitative estimate of drug-likeness (QED) is 0.261. The van der Waals surface area contributed by atoms with Crippen molar-refractivity contribution >= 4 is 29.5 Å². The van der Waals surface area contributed by atoms with Crippen LogP contribution in [-0.4, -0.2) is 40.5 Å². The Balaban J connectivity index is 1.99. The summed E-state index contributed by atoms with van der Waals surface area (Å²) >= 11 is 1.58. The van der Waals surface area contributed by atoms with E-state index in [9.17, 15) is 9.59 Å². The van der Waals surface area contributed by atoms with Gasteiger partial charge in [0.1, 0.15) is 0 Å². The molecule has 2 aromatic carbocycles. The number of methoxy groups -OCH3 is 4. The molecule has 31 heavy (non-hydrogen) atoms. The summed E-state index contributed by atoms with van der Waals surface area (Å²) in [5.41, 5.74) is 2.20. The highest BCUT2D eigenvalue weighted by Gasteiger charge is 2.16. The molecular weight excluding hydrogens is 416 g/mol. The van der Waals surface area contributed by atoms with Crippen LogP contribution in [0.15, 0.2) is 47.9 Å². The summed E-state index contributed by atoms with van der Waals surface area (Å²) in [5, 5.41) is 1.98. The molecule has 0 N–H and O–H groups in total. The van der Waals surface area contributed by atoms with Crippen LogP contribution < -0.4 is 18.9 Å². The standard InChI is InChI=1S/C24H22O6S/c1-27-20-11-15(10-18(24(20)30-4)22-6-5-9-31-22)7-8-19(26)16-12-17(14-25)23(29-3)21(13-16)28-2/h5-14H,1-4H3/b8-7+. The largest absolute Gasteiger partial charge is 0.493 e. The second-order valence-electron chi connectivity index (χ2n) is 6.40. The van der Waals surface area contributed by atoms with E-state index in [1.807, 2.05) is 23.6 Å². The maximum atomic E-state index is 12.8. The van der Waals surface area contributed by atoms with E-state index in [0.29, 0.717) is 34.8 Å². The van der Waals surface area contributed by atoms with E-state index in [4.69, 9.17) is 18.9 Å². The molecule has 0 aliphatic carbocycles. The van der Waals surface area contributed by atoms with Crippen molar-refractivity contribution in [2.24, 2.45) is 0 Å². The summed E-state index contributed by atoms with van der Waals surface area (Å²) in [6.07, 6.45) is 3.76. The first-order chi connectivity index (χ1) is 15.1. The fourth-order valence-corrected chi connectivity index (χ4v) is 3.93. The molecule has 1 heterocycles. The molecule has 0 radical (unpaired) electrons. The van der Waals surface area contributed by atoms with E-state index in [2.05, 4.69) is 0 Å². The third kappa shape index (κ3) is 4.62. The zero-order chi connectivity index (χ0) is 22.4. The number of carbonyl (C=O) groups excluding carboxylic acids is 2. The minimum atomic E-state index is -0.281. The number of carbonyl (C=O) groups is 2. The Bertz CT molecular complexity index is 1120. The molecule has 160 valence electrons. The van der Waals surface area contributed by atoms with Crippen LogP contribution in [0, 0.1) is 0 Å². The van der Waals surface area contributed by atoms with Crippen LogP contribution >= 0.6 is 11.3 Å². The second-order valence-corrected chi connectivity index (χ2v) is 7.35. The number of aldehydes is 1. The van der Waals surface area contributed by atoms with Gasteiger partial charge in [0.05, 0.1) is 34.0 Å². The third-order valence-electron chi connectivity index (χ3n) is 4.63. The smallest absolute Gasteiger partial charge is 0.186 e.